The van der Waals surface area contributed by atoms with Crippen molar-refractivity contribution in [2.75, 3.05) is 17.5 Å². The fraction of sp³-hybridized carbons (Fsp3) is 0.118. The molecule has 0 saturated carbocycles. The summed E-state index contributed by atoms with van der Waals surface area (Å²) in [5, 5.41) is 4.14. The average Bonchev–Trinajstić information content (AvgIpc) is 3.16. The second-order valence-electron chi connectivity index (χ2n) is 5.34. The van der Waals surface area contributed by atoms with E-state index in [-0.39, 0.29) is 4.90 Å². The van der Waals surface area contributed by atoms with Gasteiger partial charge in [-0.1, -0.05) is 12.1 Å². The maximum absolute atomic E-state index is 13.0. The van der Waals surface area contributed by atoms with Crippen molar-refractivity contribution in [1.29, 1.82) is 0 Å². The van der Waals surface area contributed by atoms with Gasteiger partial charge >= 0.3 is 0 Å². The molecule has 122 valence electrons. The highest BCUT2D eigenvalue weighted by molar-refractivity contribution is 7.92. The van der Waals surface area contributed by atoms with Gasteiger partial charge in [0.2, 0.25) is 0 Å². The van der Waals surface area contributed by atoms with Gasteiger partial charge in [0.1, 0.15) is 12.4 Å². The summed E-state index contributed by atoms with van der Waals surface area (Å²) in [7, 11) is -3.64. The molecule has 0 saturated heterocycles. The van der Waals surface area contributed by atoms with Crippen molar-refractivity contribution < 1.29 is 13.2 Å². The Hall–Kier alpha value is -2.80. The van der Waals surface area contributed by atoms with Crippen LogP contribution in [0.5, 0.6) is 5.75 Å². The SMILES string of the molecule is O=S(=O)(c1ccc(-n2cccn2)cc1)N1CCOc2ccccc21. The Morgan fingerprint density at radius 3 is 2.54 bits per heavy atom. The maximum Gasteiger partial charge on any atom is 0.264 e. The number of hydrogen-bond donors (Lipinski definition) is 0. The summed E-state index contributed by atoms with van der Waals surface area (Å²) in [6, 6.07) is 15.7. The van der Waals surface area contributed by atoms with E-state index >= 15 is 0 Å². The van der Waals surface area contributed by atoms with E-state index in [0.717, 1.165) is 5.69 Å². The highest BCUT2D eigenvalue weighted by Gasteiger charge is 2.29. The smallest absolute Gasteiger partial charge is 0.264 e. The Labute approximate surface area is 140 Å². The summed E-state index contributed by atoms with van der Waals surface area (Å²) in [5.74, 6) is 0.584. The van der Waals surface area contributed by atoms with Crippen molar-refractivity contribution in [1.82, 2.24) is 9.78 Å². The van der Waals surface area contributed by atoms with Gasteiger partial charge in [-0.2, -0.15) is 5.10 Å². The van der Waals surface area contributed by atoms with E-state index in [1.807, 2.05) is 18.3 Å². The van der Waals surface area contributed by atoms with Crippen LogP contribution in [-0.4, -0.2) is 31.3 Å². The van der Waals surface area contributed by atoms with Gasteiger partial charge in [-0.05, 0) is 42.5 Å². The van der Waals surface area contributed by atoms with Crippen molar-refractivity contribution >= 4 is 15.7 Å². The molecule has 3 aromatic rings. The zero-order valence-corrected chi connectivity index (χ0v) is 13.6. The van der Waals surface area contributed by atoms with Gasteiger partial charge in [-0.3, -0.25) is 4.31 Å². The van der Waals surface area contributed by atoms with E-state index in [4.69, 9.17) is 4.74 Å². The fourth-order valence-electron chi connectivity index (χ4n) is 2.71. The topological polar surface area (TPSA) is 64.4 Å². The summed E-state index contributed by atoms with van der Waals surface area (Å²) >= 11 is 0. The minimum atomic E-state index is -3.64. The lowest BCUT2D eigenvalue weighted by Gasteiger charge is -2.30. The first-order valence-electron chi connectivity index (χ1n) is 7.51. The normalized spacial score (nSPS) is 14.1. The molecule has 0 N–H and O–H groups in total. The molecule has 0 unspecified atom stereocenters. The molecular weight excluding hydrogens is 326 g/mol. The number of aromatic nitrogens is 2. The zero-order chi connectivity index (χ0) is 16.6. The number of nitrogens with zero attached hydrogens (tertiary/aromatic N) is 3. The molecule has 0 fully saturated rings. The molecule has 24 heavy (non-hydrogen) atoms. The largest absolute Gasteiger partial charge is 0.489 e. The van der Waals surface area contributed by atoms with Gasteiger partial charge in [-0.25, -0.2) is 13.1 Å². The number of hydrogen-bond acceptors (Lipinski definition) is 4. The van der Waals surface area contributed by atoms with Gasteiger partial charge in [0, 0.05) is 12.4 Å². The van der Waals surface area contributed by atoms with Crippen LogP contribution in [0.1, 0.15) is 0 Å². The molecule has 0 aliphatic carbocycles. The van der Waals surface area contributed by atoms with Crippen LogP contribution in [0.4, 0.5) is 5.69 Å². The molecule has 0 bridgehead atoms. The molecule has 4 rings (SSSR count). The molecule has 0 radical (unpaired) electrons. The van der Waals surface area contributed by atoms with Crippen LogP contribution in [0, 0.1) is 0 Å². The molecule has 1 aromatic heterocycles. The third kappa shape index (κ3) is 2.43. The van der Waals surface area contributed by atoms with E-state index < -0.39 is 10.0 Å². The summed E-state index contributed by atoms with van der Waals surface area (Å²) in [5.41, 5.74) is 1.38. The minimum Gasteiger partial charge on any atom is -0.489 e. The Balaban J connectivity index is 1.71. The molecule has 6 nitrogen and oxygen atoms in total. The lowest BCUT2D eigenvalue weighted by molar-refractivity contribution is 0.316. The summed E-state index contributed by atoms with van der Waals surface area (Å²) in [6.07, 6.45) is 3.48. The zero-order valence-electron chi connectivity index (χ0n) is 12.7. The lowest BCUT2D eigenvalue weighted by atomic mass is 10.2. The first kappa shape index (κ1) is 14.8. The van der Waals surface area contributed by atoms with Crippen LogP contribution < -0.4 is 9.04 Å². The van der Waals surface area contributed by atoms with E-state index in [1.165, 1.54) is 4.31 Å². The number of para-hydroxylation sites is 2. The molecule has 7 heteroatoms. The van der Waals surface area contributed by atoms with Gasteiger partial charge in [0.05, 0.1) is 22.8 Å². The van der Waals surface area contributed by atoms with Crippen molar-refractivity contribution in [3.8, 4) is 11.4 Å². The van der Waals surface area contributed by atoms with Gasteiger partial charge < -0.3 is 4.74 Å². The Bertz CT molecular complexity index is 951. The summed E-state index contributed by atoms with van der Waals surface area (Å²) < 4.78 is 34.6. The lowest BCUT2D eigenvalue weighted by Crippen LogP contribution is -2.37. The van der Waals surface area contributed by atoms with Crippen molar-refractivity contribution in [3.05, 3.63) is 67.0 Å². The molecule has 1 aliphatic heterocycles. The van der Waals surface area contributed by atoms with Crippen molar-refractivity contribution in [3.63, 3.8) is 0 Å². The van der Waals surface area contributed by atoms with Crippen LogP contribution >= 0.6 is 0 Å². The molecule has 0 amide bonds. The molecule has 0 atom stereocenters. The predicted molar refractivity (Wildman–Crippen MR) is 90.0 cm³/mol. The number of fused-ring (bicyclic) bond motifs is 1. The van der Waals surface area contributed by atoms with Gasteiger partial charge in [0.15, 0.2) is 0 Å². The highest BCUT2D eigenvalue weighted by Crippen LogP contribution is 2.34. The maximum atomic E-state index is 13.0. The van der Waals surface area contributed by atoms with E-state index in [1.54, 1.807) is 53.3 Å². The van der Waals surface area contributed by atoms with Crippen LogP contribution in [0.25, 0.3) is 5.69 Å². The monoisotopic (exact) mass is 341 g/mol. The Morgan fingerprint density at radius 2 is 1.79 bits per heavy atom. The number of ether oxygens (including phenoxy) is 1. The Morgan fingerprint density at radius 1 is 1.00 bits per heavy atom. The summed E-state index contributed by atoms with van der Waals surface area (Å²) in [4.78, 5) is 0.245. The van der Waals surface area contributed by atoms with Crippen LogP contribution in [-0.2, 0) is 10.0 Å². The van der Waals surface area contributed by atoms with Gasteiger partial charge in [0.25, 0.3) is 10.0 Å². The minimum absolute atomic E-state index is 0.245. The average molecular weight is 341 g/mol. The van der Waals surface area contributed by atoms with Gasteiger partial charge in [-0.15, -0.1) is 0 Å². The first-order chi connectivity index (χ1) is 11.7. The fourth-order valence-corrected chi connectivity index (χ4v) is 4.17. The van der Waals surface area contributed by atoms with Crippen molar-refractivity contribution in [2.45, 2.75) is 4.90 Å². The van der Waals surface area contributed by atoms with E-state index in [2.05, 4.69) is 5.10 Å². The highest BCUT2D eigenvalue weighted by atomic mass is 32.2. The van der Waals surface area contributed by atoms with Crippen LogP contribution in [0.3, 0.4) is 0 Å². The summed E-state index contributed by atoms with van der Waals surface area (Å²) in [6.45, 7) is 0.627. The molecule has 0 spiro atoms. The second kappa shape index (κ2) is 5.68. The predicted octanol–water partition coefficient (Wildman–Crippen LogP) is 2.46. The quantitative estimate of drug-likeness (QED) is 0.734. The Kier molecular flexibility index (Phi) is 3.50. The number of sulfonamides is 1. The molecule has 1 aliphatic rings. The second-order valence-corrected chi connectivity index (χ2v) is 7.20. The number of rotatable bonds is 3. The number of anilines is 1. The van der Waals surface area contributed by atoms with Crippen molar-refractivity contribution in [2.24, 2.45) is 0 Å². The first-order valence-corrected chi connectivity index (χ1v) is 8.95. The van der Waals surface area contributed by atoms with E-state index in [0.29, 0.717) is 24.6 Å². The van der Waals surface area contributed by atoms with Crippen LogP contribution in [0.2, 0.25) is 0 Å². The molecule has 2 heterocycles. The third-order valence-corrected chi connectivity index (χ3v) is 5.71. The number of benzene rings is 2. The third-order valence-electron chi connectivity index (χ3n) is 3.88. The molecule has 2 aromatic carbocycles. The molecular formula is C17H15N3O3S. The standard InChI is InChI=1S/C17H15N3O3S/c21-24(22,20-12-13-23-17-5-2-1-4-16(17)20)15-8-6-14(7-9-15)19-11-3-10-18-19/h1-11H,12-13H2. The van der Waals surface area contributed by atoms with E-state index in [9.17, 15) is 8.42 Å². The van der Waals surface area contributed by atoms with Crippen LogP contribution in [0.15, 0.2) is 71.9 Å².